The fourth-order valence-electron chi connectivity index (χ4n) is 3.21. The van der Waals surface area contributed by atoms with Crippen molar-refractivity contribution in [1.82, 2.24) is 14.9 Å². The van der Waals surface area contributed by atoms with Crippen LogP contribution in [0.3, 0.4) is 0 Å². The van der Waals surface area contributed by atoms with E-state index in [2.05, 4.69) is 27.2 Å². The fraction of sp³-hybridized carbons (Fsp3) is 0.588. The second kappa shape index (κ2) is 6.29. The number of nitrogens with two attached hydrogens (primary N) is 1. The van der Waals surface area contributed by atoms with Crippen molar-refractivity contribution in [1.29, 1.82) is 0 Å². The van der Waals surface area contributed by atoms with E-state index in [1.54, 1.807) is 17.7 Å². The van der Waals surface area contributed by atoms with Crippen molar-refractivity contribution < 1.29 is 4.79 Å². The highest BCUT2D eigenvalue weighted by atomic mass is 32.1. The number of fused-ring (bicyclic) bond motifs is 1. The van der Waals surface area contributed by atoms with E-state index in [4.69, 9.17) is 5.73 Å². The molecule has 1 atom stereocenters. The van der Waals surface area contributed by atoms with Gasteiger partial charge in [0.05, 0.1) is 11.4 Å². The summed E-state index contributed by atoms with van der Waals surface area (Å²) in [5, 5.41) is 3.26. The Morgan fingerprint density at radius 2 is 2.25 bits per heavy atom. The van der Waals surface area contributed by atoms with Gasteiger partial charge in [-0.3, -0.25) is 4.79 Å². The van der Waals surface area contributed by atoms with Crippen LogP contribution in [0.1, 0.15) is 32.3 Å². The van der Waals surface area contributed by atoms with Crippen molar-refractivity contribution in [3.63, 3.8) is 0 Å². The van der Waals surface area contributed by atoms with Gasteiger partial charge in [-0.25, -0.2) is 9.97 Å². The van der Waals surface area contributed by atoms with E-state index in [-0.39, 0.29) is 11.9 Å². The Hall–Kier alpha value is -1.73. The predicted molar refractivity (Wildman–Crippen MR) is 98.4 cm³/mol. The third-order valence-corrected chi connectivity index (χ3v) is 5.55. The molecule has 0 bridgehead atoms. The molecule has 1 aliphatic heterocycles. The topological polar surface area (TPSA) is 75.4 Å². The average Bonchev–Trinajstić information content (AvgIpc) is 3.12. The zero-order chi connectivity index (χ0) is 17.5. The van der Waals surface area contributed by atoms with Gasteiger partial charge >= 0.3 is 0 Å². The standard InChI is InChI=1S/C17H25N5OS/c1-11-9-24-16-14(11)15(19-10-20-16)22-6-5-12(8-22)21(4)13(23)7-17(2,3)18/h9-10,12H,5-8,18H2,1-4H3. The summed E-state index contributed by atoms with van der Waals surface area (Å²) in [7, 11) is 1.88. The van der Waals surface area contributed by atoms with E-state index >= 15 is 0 Å². The molecule has 1 unspecified atom stereocenters. The molecule has 0 radical (unpaired) electrons. The van der Waals surface area contributed by atoms with E-state index < -0.39 is 5.54 Å². The van der Waals surface area contributed by atoms with Gasteiger partial charge in [-0.05, 0) is 38.1 Å². The second-order valence-corrected chi connectivity index (χ2v) is 8.21. The Morgan fingerprint density at radius 3 is 2.96 bits per heavy atom. The number of nitrogens with zero attached hydrogens (tertiary/aromatic N) is 4. The molecule has 7 heteroatoms. The van der Waals surface area contributed by atoms with E-state index in [1.807, 2.05) is 25.8 Å². The lowest BCUT2D eigenvalue weighted by Crippen LogP contribution is -2.44. The first-order valence-corrected chi connectivity index (χ1v) is 9.12. The number of thiophene rings is 1. The highest BCUT2D eigenvalue weighted by Crippen LogP contribution is 2.33. The Labute approximate surface area is 146 Å². The van der Waals surface area contributed by atoms with Crippen LogP contribution in [0.2, 0.25) is 0 Å². The van der Waals surface area contributed by atoms with Gasteiger partial charge in [-0.1, -0.05) is 0 Å². The lowest BCUT2D eigenvalue weighted by atomic mass is 10.0. The third kappa shape index (κ3) is 3.37. The molecule has 0 spiro atoms. The summed E-state index contributed by atoms with van der Waals surface area (Å²) >= 11 is 1.65. The van der Waals surface area contributed by atoms with Gasteiger partial charge in [0.1, 0.15) is 17.0 Å². The van der Waals surface area contributed by atoms with Crippen molar-refractivity contribution in [2.45, 2.75) is 45.2 Å². The van der Waals surface area contributed by atoms with Gasteiger partial charge in [0.25, 0.3) is 0 Å². The first-order chi connectivity index (χ1) is 11.3. The zero-order valence-electron chi connectivity index (χ0n) is 14.7. The van der Waals surface area contributed by atoms with E-state index in [9.17, 15) is 4.79 Å². The molecule has 1 aliphatic rings. The highest BCUT2D eigenvalue weighted by Gasteiger charge is 2.31. The maximum absolute atomic E-state index is 12.4. The van der Waals surface area contributed by atoms with Crippen molar-refractivity contribution in [3.05, 3.63) is 17.3 Å². The van der Waals surface area contributed by atoms with Crippen molar-refractivity contribution >= 4 is 33.3 Å². The minimum atomic E-state index is -0.476. The molecule has 1 fully saturated rings. The Kier molecular flexibility index (Phi) is 4.48. The summed E-state index contributed by atoms with van der Waals surface area (Å²) in [6, 6.07) is 0.198. The number of carbonyl (C=O) groups excluding carboxylic acids is 1. The first kappa shape index (κ1) is 17.1. The lowest BCUT2D eigenvalue weighted by Gasteiger charge is -2.28. The summed E-state index contributed by atoms with van der Waals surface area (Å²) in [6.07, 6.45) is 2.94. The Morgan fingerprint density at radius 1 is 1.50 bits per heavy atom. The smallest absolute Gasteiger partial charge is 0.224 e. The Balaban J connectivity index is 1.75. The predicted octanol–water partition coefficient (Wildman–Crippen LogP) is 2.16. The minimum Gasteiger partial charge on any atom is -0.354 e. The van der Waals surface area contributed by atoms with Crippen LogP contribution in [-0.2, 0) is 4.79 Å². The van der Waals surface area contributed by atoms with E-state index in [0.717, 1.165) is 35.5 Å². The van der Waals surface area contributed by atoms with Crippen LogP contribution >= 0.6 is 11.3 Å². The molecule has 24 heavy (non-hydrogen) atoms. The van der Waals surface area contributed by atoms with Crippen molar-refractivity contribution in [2.24, 2.45) is 5.73 Å². The van der Waals surface area contributed by atoms with Crippen LogP contribution in [0.4, 0.5) is 5.82 Å². The zero-order valence-corrected chi connectivity index (χ0v) is 15.6. The first-order valence-electron chi connectivity index (χ1n) is 8.24. The highest BCUT2D eigenvalue weighted by molar-refractivity contribution is 7.17. The molecule has 2 N–H and O–H groups in total. The van der Waals surface area contributed by atoms with Crippen LogP contribution < -0.4 is 10.6 Å². The number of hydrogen-bond donors (Lipinski definition) is 1. The van der Waals surface area contributed by atoms with Crippen LogP contribution in [0.25, 0.3) is 10.2 Å². The lowest BCUT2D eigenvalue weighted by molar-refractivity contribution is -0.132. The molecule has 0 saturated carbocycles. The van der Waals surface area contributed by atoms with E-state index in [0.29, 0.717) is 6.42 Å². The normalized spacial score (nSPS) is 18.4. The number of rotatable bonds is 4. The maximum atomic E-state index is 12.4. The van der Waals surface area contributed by atoms with Crippen molar-refractivity contribution in [3.8, 4) is 0 Å². The monoisotopic (exact) mass is 347 g/mol. The van der Waals surface area contributed by atoms with Gasteiger partial charge in [0.2, 0.25) is 5.91 Å². The average molecular weight is 347 g/mol. The van der Waals surface area contributed by atoms with Gasteiger partial charge in [0, 0.05) is 32.1 Å². The van der Waals surface area contributed by atoms with Gasteiger partial charge in [0.15, 0.2) is 0 Å². The largest absolute Gasteiger partial charge is 0.354 e. The maximum Gasteiger partial charge on any atom is 0.224 e. The summed E-state index contributed by atoms with van der Waals surface area (Å²) < 4.78 is 0. The number of aromatic nitrogens is 2. The molecule has 3 rings (SSSR count). The molecule has 1 saturated heterocycles. The van der Waals surface area contributed by atoms with Crippen LogP contribution in [0.5, 0.6) is 0 Å². The molecule has 0 aromatic carbocycles. The summed E-state index contributed by atoms with van der Waals surface area (Å²) in [5.74, 6) is 1.09. The molecule has 130 valence electrons. The minimum absolute atomic E-state index is 0.105. The number of likely N-dealkylation sites (N-methyl/N-ethyl adjacent to an activating group) is 1. The number of anilines is 1. The number of hydrogen-bond acceptors (Lipinski definition) is 6. The number of carbonyl (C=O) groups is 1. The fourth-order valence-corrected chi connectivity index (χ4v) is 4.09. The second-order valence-electron chi connectivity index (χ2n) is 7.35. The Bertz CT molecular complexity index is 751. The molecule has 6 nitrogen and oxygen atoms in total. The molecule has 0 aliphatic carbocycles. The summed E-state index contributed by atoms with van der Waals surface area (Å²) in [4.78, 5) is 26.4. The SMILES string of the molecule is Cc1csc2ncnc(N3CCC(N(C)C(=O)CC(C)(C)N)C3)c12. The number of amides is 1. The summed E-state index contributed by atoms with van der Waals surface area (Å²) in [6.45, 7) is 7.57. The molecule has 1 amide bonds. The van der Waals surface area contributed by atoms with Gasteiger partial charge in [-0.15, -0.1) is 11.3 Å². The van der Waals surface area contributed by atoms with Crippen LogP contribution in [0, 0.1) is 6.92 Å². The van der Waals surface area contributed by atoms with Gasteiger partial charge < -0.3 is 15.5 Å². The molecule has 3 heterocycles. The molecule has 2 aromatic heterocycles. The molecular weight excluding hydrogens is 322 g/mol. The van der Waals surface area contributed by atoms with E-state index in [1.165, 1.54) is 5.56 Å². The van der Waals surface area contributed by atoms with Gasteiger partial charge in [-0.2, -0.15) is 0 Å². The van der Waals surface area contributed by atoms with Crippen LogP contribution in [0.15, 0.2) is 11.7 Å². The van der Waals surface area contributed by atoms with Crippen LogP contribution in [-0.4, -0.2) is 52.5 Å². The number of aryl methyl sites for hydroxylation is 1. The third-order valence-electron chi connectivity index (χ3n) is 4.55. The quantitative estimate of drug-likeness (QED) is 0.917. The molecular formula is C17H25N5OS. The molecule has 2 aromatic rings. The van der Waals surface area contributed by atoms with Crippen molar-refractivity contribution in [2.75, 3.05) is 25.0 Å². The summed E-state index contributed by atoms with van der Waals surface area (Å²) in [5.41, 5.74) is 6.72.